The van der Waals surface area contributed by atoms with E-state index >= 15 is 0 Å². The molecule has 0 aliphatic carbocycles. The number of methoxy groups -OCH3 is 1. The molecule has 2 rings (SSSR count). The topological polar surface area (TPSA) is 80.2 Å². The van der Waals surface area contributed by atoms with E-state index in [4.69, 9.17) is 9.47 Å². The number of phenols is 1. The molecule has 2 N–H and O–H groups in total. The Kier molecular flexibility index (Phi) is 6.60. The predicted octanol–water partition coefficient (Wildman–Crippen LogP) is 3.36. The highest BCUT2D eigenvalue weighted by Gasteiger charge is 2.08. The first-order valence-electron chi connectivity index (χ1n) is 8.33. The van der Waals surface area contributed by atoms with Crippen LogP contribution in [0.15, 0.2) is 41.5 Å². The third-order valence-corrected chi connectivity index (χ3v) is 3.88. The van der Waals surface area contributed by atoms with Gasteiger partial charge in [0.25, 0.3) is 5.91 Å². The molecule has 26 heavy (non-hydrogen) atoms. The second-order valence-corrected chi connectivity index (χ2v) is 6.16. The van der Waals surface area contributed by atoms with Crippen LogP contribution in [0.25, 0.3) is 0 Å². The number of aryl methyl sites for hydroxylation is 1. The van der Waals surface area contributed by atoms with E-state index in [1.54, 1.807) is 18.2 Å². The summed E-state index contributed by atoms with van der Waals surface area (Å²) in [6, 6.07) is 11.0. The second-order valence-electron chi connectivity index (χ2n) is 6.16. The third-order valence-electron chi connectivity index (χ3n) is 3.88. The van der Waals surface area contributed by atoms with Crippen LogP contribution in [-0.4, -0.2) is 30.9 Å². The number of ether oxygens (including phenoxy) is 2. The number of aromatic hydroxyl groups is 1. The number of benzene rings is 2. The smallest absolute Gasteiger partial charge is 0.277 e. The lowest BCUT2D eigenvalue weighted by atomic mass is 10.0. The first kappa shape index (κ1) is 19.3. The normalized spacial score (nSPS) is 11.0. The Morgan fingerprint density at radius 2 is 2.04 bits per heavy atom. The average Bonchev–Trinajstić information content (AvgIpc) is 2.62. The van der Waals surface area contributed by atoms with E-state index in [0.717, 1.165) is 11.1 Å². The van der Waals surface area contributed by atoms with Crippen LogP contribution in [0.3, 0.4) is 0 Å². The molecule has 0 heterocycles. The second kappa shape index (κ2) is 8.89. The summed E-state index contributed by atoms with van der Waals surface area (Å²) < 4.78 is 10.6. The van der Waals surface area contributed by atoms with Gasteiger partial charge in [-0.25, -0.2) is 5.43 Å². The number of rotatable bonds is 7. The maximum Gasteiger partial charge on any atom is 0.277 e. The molecule has 0 aromatic heterocycles. The van der Waals surface area contributed by atoms with Gasteiger partial charge in [0, 0.05) is 5.56 Å². The largest absolute Gasteiger partial charge is 0.504 e. The summed E-state index contributed by atoms with van der Waals surface area (Å²) in [5.41, 5.74) is 4.93. The van der Waals surface area contributed by atoms with Crippen LogP contribution in [-0.2, 0) is 4.79 Å². The van der Waals surface area contributed by atoms with Gasteiger partial charge in [-0.2, -0.15) is 5.10 Å². The van der Waals surface area contributed by atoms with Crippen LogP contribution in [0.5, 0.6) is 17.2 Å². The molecule has 2 aromatic rings. The monoisotopic (exact) mass is 356 g/mol. The van der Waals surface area contributed by atoms with E-state index in [1.807, 2.05) is 19.1 Å². The van der Waals surface area contributed by atoms with Crippen molar-refractivity contribution in [1.29, 1.82) is 0 Å². The zero-order valence-corrected chi connectivity index (χ0v) is 15.4. The molecule has 6 nitrogen and oxygen atoms in total. The third kappa shape index (κ3) is 4.99. The minimum Gasteiger partial charge on any atom is -0.504 e. The van der Waals surface area contributed by atoms with Crippen LogP contribution in [0, 0.1) is 6.92 Å². The average molecular weight is 356 g/mol. The maximum atomic E-state index is 11.9. The molecular weight excluding hydrogens is 332 g/mol. The van der Waals surface area contributed by atoms with Crippen LogP contribution in [0.1, 0.15) is 36.5 Å². The number of hydrazone groups is 1. The Morgan fingerprint density at radius 3 is 2.73 bits per heavy atom. The van der Waals surface area contributed by atoms with E-state index in [9.17, 15) is 9.90 Å². The molecule has 0 saturated heterocycles. The summed E-state index contributed by atoms with van der Waals surface area (Å²) in [4.78, 5) is 11.9. The summed E-state index contributed by atoms with van der Waals surface area (Å²) in [7, 11) is 1.46. The Hall–Kier alpha value is -3.02. The highest BCUT2D eigenvalue weighted by atomic mass is 16.5. The van der Waals surface area contributed by atoms with Crippen molar-refractivity contribution in [2.45, 2.75) is 26.7 Å². The van der Waals surface area contributed by atoms with Gasteiger partial charge in [0.05, 0.1) is 13.3 Å². The number of amides is 1. The molecule has 0 saturated carbocycles. The molecule has 0 spiro atoms. The zero-order valence-electron chi connectivity index (χ0n) is 15.4. The van der Waals surface area contributed by atoms with Gasteiger partial charge in [0.1, 0.15) is 5.75 Å². The molecule has 0 aliphatic heterocycles. The highest BCUT2D eigenvalue weighted by molar-refractivity contribution is 5.86. The number of phenolic OH excluding ortho intramolecular Hbond substituents is 1. The number of para-hydroxylation sites is 1. The molecular formula is C20H24N2O4. The standard InChI is InChI=1S/C20H24N2O4/c1-13(2)15-9-8-14(3)18(10-15)26-12-19(23)22-21-11-16-6-5-7-17(25-4)20(16)24/h5-11,13,24H,12H2,1-4H3,(H,22,23)/b21-11+. The van der Waals surface area contributed by atoms with Gasteiger partial charge < -0.3 is 14.6 Å². The van der Waals surface area contributed by atoms with Crippen molar-refractivity contribution >= 4 is 12.1 Å². The zero-order chi connectivity index (χ0) is 19.1. The summed E-state index contributed by atoms with van der Waals surface area (Å²) in [6.45, 7) is 5.98. The van der Waals surface area contributed by atoms with Crippen molar-refractivity contribution in [2.75, 3.05) is 13.7 Å². The van der Waals surface area contributed by atoms with Gasteiger partial charge in [-0.15, -0.1) is 0 Å². The Labute approximate surface area is 153 Å². The van der Waals surface area contributed by atoms with Crippen LogP contribution in [0.2, 0.25) is 0 Å². The molecule has 0 bridgehead atoms. The van der Waals surface area contributed by atoms with Crippen molar-refractivity contribution in [3.8, 4) is 17.2 Å². The summed E-state index contributed by atoms with van der Waals surface area (Å²) in [6.07, 6.45) is 1.35. The van der Waals surface area contributed by atoms with E-state index in [2.05, 4.69) is 30.4 Å². The summed E-state index contributed by atoms with van der Waals surface area (Å²) in [5, 5.41) is 13.8. The summed E-state index contributed by atoms with van der Waals surface area (Å²) in [5.74, 6) is 0.972. The van der Waals surface area contributed by atoms with Crippen molar-refractivity contribution in [1.82, 2.24) is 5.43 Å². The number of hydrogen-bond acceptors (Lipinski definition) is 5. The molecule has 138 valence electrons. The lowest BCUT2D eigenvalue weighted by molar-refractivity contribution is -0.123. The van der Waals surface area contributed by atoms with Gasteiger partial charge in [-0.05, 0) is 42.2 Å². The van der Waals surface area contributed by atoms with Gasteiger partial charge in [-0.3, -0.25) is 4.79 Å². The van der Waals surface area contributed by atoms with E-state index in [1.165, 1.54) is 13.3 Å². The number of hydrogen-bond donors (Lipinski definition) is 2. The molecule has 0 radical (unpaired) electrons. The lowest BCUT2D eigenvalue weighted by Crippen LogP contribution is -2.24. The van der Waals surface area contributed by atoms with Gasteiger partial charge in [0.2, 0.25) is 0 Å². The van der Waals surface area contributed by atoms with Crippen molar-refractivity contribution < 1.29 is 19.4 Å². The van der Waals surface area contributed by atoms with Crippen molar-refractivity contribution in [3.63, 3.8) is 0 Å². The Bertz CT molecular complexity index is 800. The first-order chi connectivity index (χ1) is 12.4. The SMILES string of the molecule is COc1cccc(/C=N/NC(=O)COc2cc(C(C)C)ccc2C)c1O. The molecule has 2 aromatic carbocycles. The fourth-order valence-corrected chi connectivity index (χ4v) is 2.29. The number of nitrogens with zero attached hydrogens (tertiary/aromatic N) is 1. The Balaban J connectivity index is 1.93. The molecule has 0 unspecified atom stereocenters. The molecule has 6 heteroatoms. The molecule has 1 amide bonds. The molecule has 0 fully saturated rings. The van der Waals surface area contributed by atoms with E-state index in [-0.39, 0.29) is 12.4 Å². The summed E-state index contributed by atoms with van der Waals surface area (Å²) >= 11 is 0. The van der Waals surface area contributed by atoms with Gasteiger partial charge in [0.15, 0.2) is 18.1 Å². The fourth-order valence-electron chi connectivity index (χ4n) is 2.29. The van der Waals surface area contributed by atoms with Crippen LogP contribution >= 0.6 is 0 Å². The number of carbonyl (C=O) groups excluding carboxylic acids is 1. The fraction of sp³-hybridized carbons (Fsp3) is 0.300. The maximum absolute atomic E-state index is 11.9. The lowest BCUT2D eigenvalue weighted by Gasteiger charge is -2.12. The quantitative estimate of drug-likeness (QED) is 0.589. The number of carbonyl (C=O) groups is 1. The number of nitrogens with one attached hydrogen (secondary N) is 1. The Morgan fingerprint density at radius 1 is 1.27 bits per heavy atom. The predicted molar refractivity (Wildman–Crippen MR) is 101 cm³/mol. The molecule has 0 aliphatic rings. The highest BCUT2D eigenvalue weighted by Crippen LogP contribution is 2.28. The first-order valence-corrected chi connectivity index (χ1v) is 8.33. The minimum atomic E-state index is -0.391. The van der Waals surface area contributed by atoms with Crippen LogP contribution < -0.4 is 14.9 Å². The van der Waals surface area contributed by atoms with Crippen molar-refractivity contribution in [3.05, 3.63) is 53.1 Å². The minimum absolute atomic E-state index is 0.0367. The van der Waals surface area contributed by atoms with Crippen molar-refractivity contribution in [2.24, 2.45) is 5.10 Å². The van der Waals surface area contributed by atoms with E-state index in [0.29, 0.717) is 23.0 Å². The van der Waals surface area contributed by atoms with Gasteiger partial charge in [-0.1, -0.05) is 32.0 Å². The van der Waals surface area contributed by atoms with E-state index < -0.39 is 5.91 Å². The van der Waals surface area contributed by atoms with Crippen LogP contribution in [0.4, 0.5) is 0 Å². The van der Waals surface area contributed by atoms with Gasteiger partial charge >= 0.3 is 0 Å². The molecule has 0 atom stereocenters.